The van der Waals surface area contributed by atoms with Crippen LogP contribution in [0.2, 0.25) is 0 Å². The van der Waals surface area contributed by atoms with Crippen molar-refractivity contribution >= 4 is 0 Å². The van der Waals surface area contributed by atoms with Crippen molar-refractivity contribution in [2.45, 2.75) is 65.2 Å². The summed E-state index contributed by atoms with van der Waals surface area (Å²) in [5.74, 6) is 0. The second-order valence-electron chi connectivity index (χ2n) is 6.89. The van der Waals surface area contributed by atoms with Crippen molar-refractivity contribution in [3.8, 4) is 0 Å². The molecule has 2 atom stereocenters. The molecule has 0 saturated heterocycles. The Bertz CT molecular complexity index is 471. The topological polar surface area (TPSA) is 0 Å². The van der Waals surface area contributed by atoms with Crippen LogP contribution in [0.4, 0.5) is 0 Å². The maximum atomic E-state index is 2.53. The predicted octanol–water partition coefficient (Wildman–Crippen LogP) is 4.70. The van der Waals surface area contributed by atoms with Crippen LogP contribution in [0, 0.1) is 19.3 Å². The van der Waals surface area contributed by atoms with Crippen LogP contribution in [0.1, 0.15) is 61.8 Å². The van der Waals surface area contributed by atoms with E-state index >= 15 is 0 Å². The third-order valence-corrected chi connectivity index (χ3v) is 5.68. The van der Waals surface area contributed by atoms with Gasteiger partial charge in [0.15, 0.2) is 0 Å². The minimum absolute atomic E-state index is 0.443. The minimum atomic E-state index is 0.443. The van der Waals surface area contributed by atoms with Gasteiger partial charge in [0.05, 0.1) is 0 Å². The highest BCUT2D eigenvalue weighted by Crippen LogP contribution is 2.59. The standard InChI is InChI=1S/C17H24/c1-12-9-13(2)15-14(10-12)11-16(3)7-5-6-8-17(15,16)4/h9-10H,5-8,11H2,1-4H3. The van der Waals surface area contributed by atoms with E-state index in [-0.39, 0.29) is 0 Å². The Morgan fingerprint density at radius 3 is 2.47 bits per heavy atom. The van der Waals surface area contributed by atoms with E-state index in [1.54, 1.807) is 11.1 Å². The molecular weight excluding hydrogens is 204 g/mol. The summed E-state index contributed by atoms with van der Waals surface area (Å²) in [5.41, 5.74) is 7.28. The van der Waals surface area contributed by atoms with Crippen molar-refractivity contribution in [2.75, 3.05) is 0 Å². The molecule has 2 unspecified atom stereocenters. The van der Waals surface area contributed by atoms with Crippen molar-refractivity contribution in [1.82, 2.24) is 0 Å². The molecule has 0 heteroatoms. The molecule has 2 aliphatic carbocycles. The smallest absolute Gasteiger partial charge is 0.00130 e. The van der Waals surface area contributed by atoms with Gasteiger partial charge in [0, 0.05) is 0 Å². The van der Waals surface area contributed by atoms with Crippen molar-refractivity contribution < 1.29 is 0 Å². The molecule has 0 bridgehead atoms. The summed E-state index contributed by atoms with van der Waals surface area (Å²) in [5, 5.41) is 0. The van der Waals surface area contributed by atoms with Crippen LogP contribution in [-0.4, -0.2) is 0 Å². The maximum absolute atomic E-state index is 2.53. The maximum Gasteiger partial charge on any atom is -0.00130 e. The zero-order chi connectivity index (χ0) is 12.3. The first-order valence-corrected chi connectivity index (χ1v) is 7.07. The Kier molecular flexibility index (Phi) is 2.24. The molecule has 17 heavy (non-hydrogen) atoms. The largest absolute Gasteiger partial charge is 0.0585 e. The zero-order valence-corrected chi connectivity index (χ0v) is 11.7. The average Bonchev–Trinajstić information content (AvgIpc) is 2.45. The zero-order valence-electron chi connectivity index (χ0n) is 11.7. The normalized spacial score (nSPS) is 35.5. The monoisotopic (exact) mass is 228 g/mol. The Morgan fingerprint density at radius 1 is 1.00 bits per heavy atom. The molecule has 3 rings (SSSR count). The van der Waals surface area contributed by atoms with Gasteiger partial charge in [-0.1, -0.05) is 44.4 Å². The fourth-order valence-electron chi connectivity index (χ4n) is 4.69. The van der Waals surface area contributed by atoms with Gasteiger partial charge in [-0.15, -0.1) is 0 Å². The SMILES string of the molecule is Cc1cc(C)c2c(c1)CC1(C)CCCCC21C. The molecular formula is C17H24. The molecule has 0 radical (unpaired) electrons. The van der Waals surface area contributed by atoms with Gasteiger partial charge >= 0.3 is 0 Å². The predicted molar refractivity (Wildman–Crippen MR) is 73.5 cm³/mol. The van der Waals surface area contributed by atoms with Gasteiger partial charge in [-0.3, -0.25) is 0 Å². The molecule has 0 aromatic heterocycles. The molecule has 1 saturated carbocycles. The van der Waals surface area contributed by atoms with Gasteiger partial charge in [0.1, 0.15) is 0 Å². The number of aryl methyl sites for hydroxylation is 2. The van der Waals surface area contributed by atoms with Gasteiger partial charge in [-0.25, -0.2) is 0 Å². The molecule has 1 fully saturated rings. The number of hydrogen-bond donors (Lipinski definition) is 0. The number of hydrogen-bond acceptors (Lipinski definition) is 0. The van der Waals surface area contributed by atoms with Crippen LogP contribution in [-0.2, 0) is 11.8 Å². The van der Waals surface area contributed by atoms with Gasteiger partial charge < -0.3 is 0 Å². The Morgan fingerprint density at radius 2 is 1.71 bits per heavy atom. The Labute approximate surface area is 105 Å². The summed E-state index contributed by atoms with van der Waals surface area (Å²) in [6.07, 6.45) is 6.95. The highest BCUT2D eigenvalue weighted by molar-refractivity contribution is 5.49. The number of rotatable bonds is 0. The molecule has 1 aromatic carbocycles. The summed E-state index contributed by atoms with van der Waals surface area (Å²) in [6, 6.07) is 4.82. The summed E-state index contributed by atoms with van der Waals surface area (Å²) in [6.45, 7) is 9.61. The van der Waals surface area contributed by atoms with Gasteiger partial charge in [-0.2, -0.15) is 0 Å². The first kappa shape index (κ1) is 11.3. The van der Waals surface area contributed by atoms with E-state index in [1.807, 2.05) is 0 Å². The number of benzene rings is 1. The summed E-state index contributed by atoms with van der Waals surface area (Å²) in [7, 11) is 0. The summed E-state index contributed by atoms with van der Waals surface area (Å²) >= 11 is 0. The molecule has 92 valence electrons. The van der Waals surface area contributed by atoms with E-state index in [9.17, 15) is 0 Å². The Hall–Kier alpha value is -0.780. The minimum Gasteiger partial charge on any atom is -0.0585 e. The fourth-order valence-corrected chi connectivity index (χ4v) is 4.69. The molecule has 0 heterocycles. The van der Waals surface area contributed by atoms with Gasteiger partial charge in [-0.05, 0) is 60.6 Å². The van der Waals surface area contributed by atoms with Gasteiger partial charge in [0.25, 0.3) is 0 Å². The van der Waals surface area contributed by atoms with Crippen molar-refractivity contribution in [3.05, 3.63) is 34.4 Å². The highest BCUT2D eigenvalue weighted by Gasteiger charge is 2.53. The van der Waals surface area contributed by atoms with Crippen LogP contribution in [0.15, 0.2) is 12.1 Å². The van der Waals surface area contributed by atoms with E-state index in [4.69, 9.17) is 0 Å². The number of fused-ring (bicyclic) bond motifs is 3. The second-order valence-corrected chi connectivity index (χ2v) is 6.89. The van der Waals surface area contributed by atoms with Crippen LogP contribution in [0.5, 0.6) is 0 Å². The average molecular weight is 228 g/mol. The van der Waals surface area contributed by atoms with Crippen LogP contribution >= 0.6 is 0 Å². The van der Waals surface area contributed by atoms with Crippen LogP contribution in [0.3, 0.4) is 0 Å². The van der Waals surface area contributed by atoms with E-state index in [2.05, 4.69) is 39.8 Å². The van der Waals surface area contributed by atoms with Crippen molar-refractivity contribution in [3.63, 3.8) is 0 Å². The van der Waals surface area contributed by atoms with E-state index in [1.165, 1.54) is 43.2 Å². The van der Waals surface area contributed by atoms with E-state index in [0.29, 0.717) is 10.8 Å². The fraction of sp³-hybridized carbons (Fsp3) is 0.647. The van der Waals surface area contributed by atoms with E-state index in [0.717, 1.165) is 0 Å². The Balaban J connectivity index is 2.22. The van der Waals surface area contributed by atoms with Crippen LogP contribution < -0.4 is 0 Å². The van der Waals surface area contributed by atoms with Gasteiger partial charge in [0.2, 0.25) is 0 Å². The third kappa shape index (κ3) is 1.36. The lowest BCUT2D eigenvalue weighted by molar-refractivity contribution is 0.109. The van der Waals surface area contributed by atoms with Crippen LogP contribution in [0.25, 0.3) is 0 Å². The molecule has 0 aliphatic heterocycles. The summed E-state index contributed by atoms with van der Waals surface area (Å²) in [4.78, 5) is 0. The lowest BCUT2D eigenvalue weighted by Crippen LogP contribution is -2.41. The molecule has 1 aromatic rings. The third-order valence-electron chi connectivity index (χ3n) is 5.68. The lowest BCUT2D eigenvalue weighted by atomic mass is 9.58. The first-order chi connectivity index (χ1) is 7.96. The first-order valence-electron chi connectivity index (χ1n) is 7.07. The quantitative estimate of drug-likeness (QED) is 0.604. The lowest BCUT2D eigenvalue weighted by Gasteiger charge is -2.46. The molecule has 0 N–H and O–H groups in total. The second kappa shape index (κ2) is 3.37. The van der Waals surface area contributed by atoms with E-state index < -0.39 is 0 Å². The summed E-state index contributed by atoms with van der Waals surface area (Å²) < 4.78 is 0. The van der Waals surface area contributed by atoms with Crippen molar-refractivity contribution in [2.24, 2.45) is 5.41 Å². The highest BCUT2D eigenvalue weighted by atomic mass is 14.6. The molecule has 2 aliphatic rings. The molecule has 0 amide bonds. The molecule has 0 nitrogen and oxygen atoms in total. The molecule has 0 spiro atoms. The van der Waals surface area contributed by atoms with Crippen molar-refractivity contribution in [1.29, 1.82) is 0 Å².